The molecule has 2 aromatic heterocycles. The zero-order chi connectivity index (χ0) is 19.2. The molecule has 0 aliphatic carbocycles. The van der Waals surface area contributed by atoms with Crippen LogP contribution in [0.5, 0.6) is 0 Å². The van der Waals surface area contributed by atoms with E-state index in [-0.39, 0.29) is 0 Å². The van der Waals surface area contributed by atoms with Crippen molar-refractivity contribution in [3.05, 3.63) is 101 Å². The van der Waals surface area contributed by atoms with E-state index >= 15 is 0 Å². The summed E-state index contributed by atoms with van der Waals surface area (Å²) < 4.78 is 1.92. The fraction of sp³-hybridized carbons (Fsp3) is 0.0455. The quantitative estimate of drug-likeness (QED) is 0.370. The van der Waals surface area contributed by atoms with E-state index in [1.165, 1.54) is 5.56 Å². The maximum absolute atomic E-state index is 5.92. The minimum absolute atomic E-state index is 0.687. The van der Waals surface area contributed by atoms with Crippen molar-refractivity contribution in [2.45, 2.75) is 6.54 Å². The summed E-state index contributed by atoms with van der Waals surface area (Å²) >= 11 is 5.92. The number of hydrazone groups is 1. The highest BCUT2D eigenvalue weighted by molar-refractivity contribution is 6.30. The average Bonchev–Trinajstić information content (AvgIpc) is 3.13. The van der Waals surface area contributed by atoms with Crippen molar-refractivity contribution in [2.24, 2.45) is 5.10 Å². The van der Waals surface area contributed by atoms with Crippen LogP contribution in [-0.4, -0.2) is 21.0 Å². The van der Waals surface area contributed by atoms with E-state index in [4.69, 9.17) is 16.7 Å². The van der Waals surface area contributed by atoms with Crippen molar-refractivity contribution in [3.63, 3.8) is 0 Å². The minimum Gasteiger partial charge on any atom is -0.279 e. The SMILES string of the molecule is Clc1ccc(N/N=C\c2cn(Cc3ccccc3)nc2-c2cccnc2)cc1. The number of rotatable bonds is 6. The Bertz CT molecular complexity index is 1060. The fourth-order valence-electron chi connectivity index (χ4n) is 2.81. The van der Waals surface area contributed by atoms with Gasteiger partial charge in [-0.3, -0.25) is 15.1 Å². The molecule has 0 aliphatic rings. The second-order valence-electron chi connectivity index (χ2n) is 6.23. The highest BCUT2D eigenvalue weighted by atomic mass is 35.5. The molecule has 4 rings (SSSR count). The minimum atomic E-state index is 0.687. The van der Waals surface area contributed by atoms with Gasteiger partial charge in [0.15, 0.2) is 0 Å². The monoisotopic (exact) mass is 387 g/mol. The van der Waals surface area contributed by atoms with Crippen molar-refractivity contribution >= 4 is 23.5 Å². The second kappa shape index (κ2) is 8.50. The van der Waals surface area contributed by atoms with Gasteiger partial charge in [0.25, 0.3) is 0 Å². The predicted octanol–water partition coefficient (Wildman–Crippen LogP) is 5.09. The molecule has 4 aromatic rings. The number of hydrogen-bond donors (Lipinski definition) is 1. The predicted molar refractivity (Wildman–Crippen MR) is 114 cm³/mol. The van der Waals surface area contributed by atoms with Gasteiger partial charge >= 0.3 is 0 Å². The highest BCUT2D eigenvalue weighted by Gasteiger charge is 2.10. The Balaban J connectivity index is 1.60. The maximum atomic E-state index is 5.92. The van der Waals surface area contributed by atoms with E-state index in [0.29, 0.717) is 11.6 Å². The summed E-state index contributed by atoms with van der Waals surface area (Å²) in [6, 6.07) is 21.5. The molecule has 0 saturated carbocycles. The third-order valence-electron chi connectivity index (χ3n) is 4.15. The second-order valence-corrected chi connectivity index (χ2v) is 6.67. The van der Waals surface area contributed by atoms with Crippen LogP contribution in [0.15, 0.2) is 90.4 Å². The van der Waals surface area contributed by atoms with Gasteiger partial charge in [-0.15, -0.1) is 0 Å². The number of nitrogens with one attached hydrogen (secondary N) is 1. The first-order valence-corrected chi connectivity index (χ1v) is 9.22. The molecule has 0 atom stereocenters. The van der Waals surface area contributed by atoms with E-state index in [1.807, 2.05) is 65.5 Å². The Kier molecular flexibility index (Phi) is 5.45. The lowest BCUT2D eigenvalue weighted by Gasteiger charge is -2.01. The fourth-order valence-corrected chi connectivity index (χ4v) is 2.94. The zero-order valence-electron chi connectivity index (χ0n) is 15.0. The first kappa shape index (κ1) is 17.9. The number of halogens is 1. The number of anilines is 1. The molecule has 1 N–H and O–H groups in total. The van der Waals surface area contributed by atoms with Crippen LogP contribution in [0.1, 0.15) is 11.1 Å². The van der Waals surface area contributed by atoms with Gasteiger partial charge in [-0.05, 0) is 42.0 Å². The summed E-state index contributed by atoms with van der Waals surface area (Å²) in [5, 5.41) is 9.80. The van der Waals surface area contributed by atoms with Crippen LogP contribution in [0, 0.1) is 0 Å². The largest absolute Gasteiger partial charge is 0.279 e. The summed E-state index contributed by atoms with van der Waals surface area (Å²) in [5.74, 6) is 0. The summed E-state index contributed by atoms with van der Waals surface area (Å²) in [6.45, 7) is 0.687. The van der Waals surface area contributed by atoms with Crippen molar-refractivity contribution in [3.8, 4) is 11.3 Å². The normalized spacial score (nSPS) is 11.0. The number of nitrogens with zero attached hydrogens (tertiary/aromatic N) is 4. The molecular weight excluding hydrogens is 370 g/mol. The molecule has 0 bridgehead atoms. The van der Waals surface area contributed by atoms with Crippen LogP contribution in [0.3, 0.4) is 0 Å². The Hall–Kier alpha value is -3.44. The van der Waals surface area contributed by atoms with Gasteiger partial charge in [-0.2, -0.15) is 10.2 Å². The van der Waals surface area contributed by atoms with Gasteiger partial charge in [-0.1, -0.05) is 41.9 Å². The van der Waals surface area contributed by atoms with Crippen LogP contribution in [-0.2, 0) is 6.54 Å². The molecule has 2 aromatic carbocycles. The molecule has 0 spiro atoms. The van der Waals surface area contributed by atoms with Gasteiger partial charge in [0.1, 0.15) is 5.69 Å². The third-order valence-corrected chi connectivity index (χ3v) is 4.41. The molecule has 0 radical (unpaired) electrons. The van der Waals surface area contributed by atoms with Crippen LogP contribution >= 0.6 is 11.6 Å². The highest BCUT2D eigenvalue weighted by Crippen LogP contribution is 2.21. The van der Waals surface area contributed by atoms with E-state index in [2.05, 4.69) is 27.6 Å². The Labute approximate surface area is 168 Å². The third kappa shape index (κ3) is 4.45. The molecule has 5 nitrogen and oxygen atoms in total. The van der Waals surface area contributed by atoms with E-state index in [0.717, 1.165) is 22.5 Å². The van der Waals surface area contributed by atoms with Gasteiger partial charge < -0.3 is 0 Å². The Morgan fingerprint density at radius 1 is 1.00 bits per heavy atom. The van der Waals surface area contributed by atoms with Gasteiger partial charge in [0, 0.05) is 34.7 Å². The Morgan fingerprint density at radius 2 is 1.82 bits per heavy atom. The van der Waals surface area contributed by atoms with Gasteiger partial charge in [-0.25, -0.2) is 0 Å². The molecule has 0 aliphatic heterocycles. The molecule has 2 heterocycles. The van der Waals surface area contributed by atoms with Crippen molar-refractivity contribution in [1.29, 1.82) is 0 Å². The standard InChI is InChI=1S/C22H18ClN5/c23-20-8-10-21(11-9-20)26-25-14-19-16-28(15-17-5-2-1-3-6-17)27-22(19)18-7-4-12-24-13-18/h1-14,16,26H,15H2/b25-14-. The number of benzene rings is 2. The topological polar surface area (TPSA) is 55.1 Å². The van der Waals surface area contributed by atoms with E-state index in [9.17, 15) is 0 Å². The van der Waals surface area contributed by atoms with E-state index in [1.54, 1.807) is 18.6 Å². The van der Waals surface area contributed by atoms with Gasteiger partial charge in [0.05, 0.1) is 18.4 Å². The number of pyridine rings is 1. The molecule has 0 saturated heterocycles. The van der Waals surface area contributed by atoms with Crippen molar-refractivity contribution < 1.29 is 0 Å². The molecule has 6 heteroatoms. The molecule has 0 amide bonds. The zero-order valence-corrected chi connectivity index (χ0v) is 15.8. The lowest BCUT2D eigenvalue weighted by atomic mass is 10.1. The summed E-state index contributed by atoms with van der Waals surface area (Å²) in [4.78, 5) is 4.21. The summed E-state index contributed by atoms with van der Waals surface area (Å²) in [6.07, 6.45) is 7.31. The van der Waals surface area contributed by atoms with Crippen LogP contribution in [0.4, 0.5) is 5.69 Å². The average molecular weight is 388 g/mol. The molecule has 0 fully saturated rings. The molecule has 28 heavy (non-hydrogen) atoms. The smallest absolute Gasteiger partial charge is 0.103 e. The maximum Gasteiger partial charge on any atom is 0.103 e. The van der Waals surface area contributed by atoms with Crippen molar-refractivity contribution in [1.82, 2.24) is 14.8 Å². The summed E-state index contributed by atoms with van der Waals surface area (Å²) in [5.41, 5.74) is 7.76. The van der Waals surface area contributed by atoms with Crippen LogP contribution < -0.4 is 5.43 Å². The number of hydrogen-bond acceptors (Lipinski definition) is 4. The van der Waals surface area contributed by atoms with Crippen molar-refractivity contribution in [2.75, 3.05) is 5.43 Å². The molecular formula is C22H18ClN5. The first-order chi connectivity index (χ1) is 13.8. The Morgan fingerprint density at radius 3 is 2.57 bits per heavy atom. The van der Waals surface area contributed by atoms with E-state index < -0.39 is 0 Å². The van der Waals surface area contributed by atoms with Crippen LogP contribution in [0.2, 0.25) is 5.02 Å². The van der Waals surface area contributed by atoms with Gasteiger partial charge in [0.2, 0.25) is 0 Å². The number of aromatic nitrogens is 3. The van der Waals surface area contributed by atoms with Crippen LogP contribution in [0.25, 0.3) is 11.3 Å². The molecule has 138 valence electrons. The lowest BCUT2D eigenvalue weighted by molar-refractivity contribution is 0.689. The first-order valence-electron chi connectivity index (χ1n) is 8.84. The lowest BCUT2D eigenvalue weighted by Crippen LogP contribution is -2.00. The summed E-state index contributed by atoms with van der Waals surface area (Å²) in [7, 11) is 0. The molecule has 0 unspecified atom stereocenters.